The molecular weight excluding hydrogens is 268 g/mol. The van der Waals surface area contributed by atoms with Crippen molar-refractivity contribution >= 4 is 33.3 Å². The van der Waals surface area contributed by atoms with Gasteiger partial charge in [0, 0.05) is 9.35 Å². The fourth-order valence-electron chi connectivity index (χ4n) is 1.91. The van der Waals surface area contributed by atoms with Gasteiger partial charge in [-0.2, -0.15) is 0 Å². The van der Waals surface area contributed by atoms with Crippen LogP contribution in [0.25, 0.3) is 16.5 Å². The maximum absolute atomic E-state index is 3.65. The molecule has 0 bridgehead atoms. The van der Waals surface area contributed by atoms with Gasteiger partial charge in [-0.15, -0.1) is 11.3 Å². The first-order valence-electron chi connectivity index (χ1n) is 4.87. The van der Waals surface area contributed by atoms with Gasteiger partial charge in [-0.25, -0.2) is 0 Å². The van der Waals surface area contributed by atoms with Crippen LogP contribution in [-0.4, -0.2) is 0 Å². The number of hydrogen-bond donors (Lipinski definition) is 0. The summed E-state index contributed by atoms with van der Waals surface area (Å²) in [6.07, 6.45) is 5.48. The topological polar surface area (TPSA) is 0 Å². The smallest absolute Gasteiger partial charge is 0.0343 e. The summed E-state index contributed by atoms with van der Waals surface area (Å²) >= 11 is 5.43. The van der Waals surface area contributed by atoms with Crippen LogP contribution < -0.4 is 0 Å². The Balaban J connectivity index is 2.19. The van der Waals surface area contributed by atoms with Crippen LogP contribution >= 0.6 is 27.3 Å². The van der Waals surface area contributed by atoms with Crippen LogP contribution in [0.4, 0.5) is 0 Å². The largest absolute Gasteiger partial charge is 0.144 e. The highest BCUT2D eigenvalue weighted by Gasteiger charge is 2.11. The van der Waals surface area contributed by atoms with E-state index < -0.39 is 0 Å². The molecule has 15 heavy (non-hydrogen) atoms. The van der Waals surface area contributed by atoms with Crippen molar-refractivity contribution in [2.24, 2.45) is 0 Å². The van der Waals surface area contributed by atoms with Crippen LogP contribution in [0, 0.1) is 0 Å². The first kappa shape index (κ1) is 9.37. The lowest BCUT2D eigenvalue weighted by atomic mass is 10.1. The Bertz CT molecular complexity index is 524. The van der Waals surface area contributed by atoms with Gasteiger partial charge in [0.2, 0.25) is 0 Å². The predicted octanol–water partition coefficient (Wildman–Crippen LogP) is 4.75. The number of rotatable bonds is 1. The zero-order chi connectivity index (χ0) is 10.3. The molecule has 3 rings (SSSR count). The average molecular weight is 277 g/mol. The molecule has 1 aromatic carbocycles. The standard InChI is InChI=1S/C13H9BrS/c14-12-8-10(13-5-2-6-15-13)7-9-3-1-4-11(9)12/h1-3,5-8H,4H2. The van der Waals surface area contributed by atoms with Crippen LogP contribution in [0.1, 0.15) is 11.1 Å². The van der Waals surface area contributed by atoms with Gasteiger partial charge in [0.1, 0.15) is 0 Å². The summed E-state index contributed by atoms with van der Waals surface area (Å²) < 4.78 is 1.23. The molecule has 0 fully saturated rings. The van der Waals surface area contributed by atoms with E-state index in [1.807, 2.05) is 0 Å². The van der Waals surface area contributed by atoms with Gasteiger partial charge in [0.25, 0.3) is 0 Å². The number of fused-ring (bicyclic) bond motifs is 1. The van der Waals surface area contributed by atoms with Crippen molar-refractivity contribution in [3.63, 3.8) is 0 Å². The Morgan fingerprint density at radius 2 is 2.20 bits per heavy atom. The van der Waals surface area contributed by atoms with Gasteiger partial charge in [0.05, 0.1) is 0 Å². The van der Waals surface area contributed by atoms with Crippen molar-refractivity contribution < 1.29 is 0 Å². The molecule has 0 saturated heterocycles. The molecule has 0 radical (unpaired) electrons. The third-order valence-corrected chi connectivity index (χ3v) is 4.28. The molecule has 1 aromatic heterocycles. The molecule has 1 aliphatic rings. The highest BCUT2D eigenvalue weighted by molar-refractivity contribution is 9.10. The summed E-state index contributed by atoms with van der Waals surface area (Å²) in [4.78, 5) is 1.33. The zero-order valence-corrected chi connectivity index (χ0v) is 10.4. The van der Waals surface area contributed by atoms with Crippen LogP contribution in [-0.2, 0) is 6.42 Å². The summed E-state index contributed by atoms with van der Waals surface area (Å²) in [5, 5.41) is 2.12. The molecule has 0 atom stereocenters. The number of halogens is 1. The van der Waals surface area contributed by atoms with Crippen molar-refractivity contribution in [2.75, 3.05) is 0 Å². The summed E-state index contributed by atoms with van der Waals surface area (Å²) in [5.74, 6) is 0. The Morgan fingerprint density at radius 1 is 1.27 bits per heavy atom. The van der Waals surface area contributed by atoms with Gasteiger partial charge in [-0.1, -0.05) is 34.1 Å². The normalized spacial score (nSPS) is 13.1. The molecule has 0 aliphatic heterocycles. The first-order chi connectivity index (χ1) is 7.34. The van der Waals surface area contributed by atoms with Gasteiger partial charge < -0.3 is 0 Å². The first-order valence-corrected chi connectivity index (χ1v) is 6.55. The summed E-state index contributed by atoms with van der Waals surface area (Å²) in [7, 11) is 0. The quantitative estimate of drug-likeness (QED) is 0.705. The Morgan fingerprint density at radius 3 is 3.00 bits per heavy atom. The third-order valence-electron chi connectivity index (χ3n) is 2.66. The van der Waals surface area contributed by atoms with Gasteiger partial charge in [-0.05, 0) is 46.7 Å². The SMILES string of the molecule is Brc1cc(-c2cccs2)cc2c1CC=C2. The Labute approximate surface area is 101 Å². The lowest BCUT2D eigenvalue weighted by Gasteiger charge is -2.05. The maximum atomic E-state index is 3.65. The second-order valence-corrected chi connectivity index (χ2v) is 5.41. The van der Waals surface area contributed by atoms with E-state index in [0.29, 0.717) is 0 Å². The molecule has 1 heterocycles. The summed E-state index contributed by atoms with van der Waals surface area (Å²) in [6, 6.07) is 8.75. The van der Waals surface area contributed by atoms with Crippen LogP contribution in [0.3, 0.4) is 0 Å². The zero-order valence-electron chi connectivity index (χ0n) is 8.03. The molecule has 2 aromatic rings. The number of benzene rings is 1. The molecule has 0 N–H and O–H groups in total. The van der Waals surface area contributed by atoms with Gasteiger partial charge >= 0.3 is 0 Å². The van der Waals surface area contributed by atoms with E-state index in [1.165, 1.54) is 26.0 Å². The fourth-order valence-corrected chi connectivity index (χ4v) is 3.26. The monoisotopic (exact) mass is 276 g/mol. The van der Waals surface area contributed by atoms with E-state index in [1.54, 1.807) is 11.3 Å². The lowest BCUT2D eigenvalue weighted by molar-refractivity contribution is 1.29. The van der Waals surface area contributed by atoms with Crippen LogP contribution in [0.15, 0.2) is 40.2 Å². The molecule has 0 unspecified atom stereocenters. The second-order valence-electron chi connectivity index (χ2n) is 3.61. The lowest BCUT2D eigenvalue weighted by Crippen LogP contribution is -1.85. The average Bonchev–Trinajstić information content (AvgIpc) is 2.88. The van der Waals surface area contributed by atoms with Crippen molar-refractivity contribution in [3.8, 4) is 10.4 Å². The maximum Gasteiger partial charge on any atom is 0.0343 e. The molecule has 0 amide bonds. The van der Waals surface area contributed by atoms with E-state index in [0.717, 1.165) is 6.42 Å². The highest BCUT2D eigenvalue weighted by Crippen LogP contribution is 2.34. The highest BCUT2D eigenvalue weighted by atomic mass is 79.9. The fraction of sp³-hybridized carbons (Fsp3) is 0.0769. The second kappa shape index (κ2) is 3.62. The minimum atomic E-state index is 1.06. The minimum absolute atomic E-state index is 1.06. The Kier molecular flexibility index (Phi) is 2.26. The number of allylic oxidation sites excluding steroid dienone is 1. The van der Waals surface area contributed by atoms with Gasteiger partial charge in [-0.3, -0.25) is 0 Å². The third kappa shape index (κ3) is 1.58. The number of thiophene rings is 1. The summed E-state index contributed by atoms with van der Waals surface area (Å²) in [5.41, 5.74) is 4.07. The molecule has 0 nitrogen and oxygen atoms in total. The van der Waals surface area contributed by atoms with E-state index in [2.05, 4.69) is 57.7 Å². The number of hydrogen-bond acceptors (Lipinski definition) is 1. The molecule has 1 aliphatic carbocycles. The Hall–Kier alpha value is -0.860. The van der Waals surface area contributed by atoms with Crippen LogP contribution in [0.2, 0.25) is 0 Å². The van der Waals surface area contributed by atoms with E-state index in [-0.39, 0.29) is 0 Å². The summed E-state index contributed by atoms with van der Waals surface area (Å²) in [6.45, 7) is 0. The van der Waals surface area contributed by atoms with Crippen LogP contribution in [0.5, 0.6) is 0 Å². The molecule has 74 valence electrons. The van der Waals surface area contributed by atoms with E-state index in [9.17, 15) is 0 Å². The van der Waals surface area contributed by atoms with Crippen molar-refractivity contribution in [1.82, 2.24) is 0 Å². The van der Waals surface area contributed by atoms with Gasteiger partial charge in [0.15, 0.2) is 0 Å². The van der Waals surface area contributed by atoms with E-state index >= 15 is 0 Å². The molecule has 0 saturated carbocycles. The van der Waals surface area contributed by atoms with E-state index in [4.69, 9.17) is 0 Å². The van der Waals surface area contributed by atoms with Crippen molar-refractivity contribution in [1.29, 1.82) is 0 Å². The molecule has 0 spiro atoms. The van der Waals surface area contributed by atoms with Crippen molar-refractivity contribution in [2.45, 2.75) is 6.42 Å². The minimum Gasteiger partial charge on any atom is -0.144 e. The molecular formula is C13H9BrS. The van der Waals surface area contributed by atoms with Crippen molar-refractivity contribution in [3.05, 3.63) is 51.3 Å². The predicted molar refractivity (Wildman–Crippen MR) is 70.2 cm³/mol. The molecule has 2 heteroatoms.